The Hall–Kier alpha value is -0.940. The number of aromatic nitrogens is 2. The van der Waals surface area contributed by atoms with Gasteiger partial charge in [-0.15, -0.1) is 0 Å². The van der Waals surface area contributed by atoms with Crippen LogP contribution in [0.5, 0.6) is 0 Å². The van der Waals surface area contributed by atoms with Crippen molar-refractivity contribution in [2.24, 2.45) is 5.92 Å². The Bertz CT molecular complexity index is 349. The van der Waals surface area contributed by atoms with E-state index in [1.807, 2.05) is 0 Å². The first-order chi connectivity index (χ1) is 8.33. The van der Waals surface area contributed by atoms with Crippen molar-refractivity contribution in [1.29, 1.82) is 0 Å². The van der Waals surface area contributed by atoms with Gasteiger partial charge < -0.3 is 9.84 Å². The third-order valence-electron chi connectivity index (χ3n) is 3.95. The summed E-state index contributed by atoms with van der Waals surface area (Å²) in [4.78, 5) is 6.62. The number of piperazine rings is 1. The van der Waals surface area contributed by atoms with Gasteiger partial charge in [-0.05, 0) is 25.7 Å². The van der Waals surface area contributed by atoms with Crippen molar-refractivity contribution in [2.45, 2.75) is 38.3 Å². The Kier molecular flexibility index (Phi) is 3.11. The van der Waals surface area contributed by atoms with Crippen LogP contribution in [0.4, 0.5) is 0 Å². The molecule has 5 heteroatoms. The molecule has 1 N–H and O–H groups in total. The molecule has 5 nitrogen and oxygen atoms in total. The first-order valence-electron chi connectivity index (χ1n) is 6.55. The van der Waals surface area contributed by atoms with Crippen LogP contribution in [0.2, 0.25) is 0 Å². The Morgan fingerprint density at radius 3 is 3.12 bits per heavy atom. The monoisotopic (exact) mass is 236 g/mol. The lowest BCUT2D eigenvalue weighted by Gasteiger charge is -2.38. The standard InChI is InChI=1S/C12H20N4O/c1-9-6-13-11(10-2-3-10)7-16(9)5-4-12-14-8-17-15-12/h8-11,13H,2-7H2,1H3. The summed E-state index contributed by atoms with van der Waals surface area (Å²) < 4.78 is 4.76. The maximum Gasteiger partial charge on any atom is 0.213 e. The van der Waals surface area contributed by atoms with Gasteiger partial charge in [0.05, 0.1) is 0 Å². The van der Waals surface area contributed by atoms with Crippen LogP contribution < -0.4 is 5.32 Å². The van der Waals surface area contributed by atoms with E-state index in [1.165, 1.54) is 25.8 Å². The van der Waals surface area contributed by atoms with Gasteiger partial charge in [-0.1, -0.05) is 5.16 Å². The summed E-state index contributed by atoms with van der Waals surface area (Å²) in [5, 5.41) is 7.53. The molecule has 1 saturated heterocycles. The van der Waals surface area contributed by atoms with Crippen molar-refractivity contribution in [1.82, 2.24) is 20.4 Å². The van der Waals surface area contributed by atoms with Gasteiger partial charge >= 0.3 is 0 Å². The lowest BCUT2D eigenvalue weighted by molar-refractivity contribution is 0.133. The summed E-state index contributed by atoms with van der Waals surface area (Å²) in [5.41, 5.74) is 0. The van der Waals surface area contributed by atoms with Crippen molar-refractivity contribution < 1.29 is 4.52 Å². The zero-order valence-electron chi connectivity index (χ0n) is 10.3. The minimum absolute atomic E-state index is 0.608. The maximum absolute atomic E-state index is 4.76. The molecule has 0 amide bonds. The van der Waals surface area contributed by atoms with Gasteiger partial charge in [0, 0.05) is 38.1 Å². The van der Waals surface area contributed by atoms with Crippen molar-refractivity contribution >= 4 is 0 Å². The van der Waals surface area contributed by atoms with Gasteiger partial charge in [0.25, 0.3) is 0 Å². The van der Waals surface area contributed by atoms with E-state index in [2.05, 4.69) is 27.3 Å². The number of nitrogens with zero attached hydrogens (tertiary/aromatic N) is 3. The molecule has 1 aliphatic heterocycles. The fraction of sp³-hybridized carbons (Fsp3) is 0.833. The van der Waals surface area contributed by atoms with Crippen LogP contribution in [0.3, 0.4) is 0 Å². The highest BCUT2D eigenvalue weighted by molar-refractivity contribution is 4.94. The smallest absolute Gasteiger partial charge is 0.213 e. The van der Waals surface area contributed by atoms with Gasteiger partial charge in [0.15, 0.2) is 5.82 Å². The van der Waals surface area contributed by atoms with Crippen LogP contribution >= 0.6 is 0 Å². The number of hydrogen-bond donors (Lipinski definition) is 1. The molecular formula is C12H20N4O. The Labute approximate surface area is 102 Å². The molecule has 0 aromatic carbocycles. The molecule has 1 aromatic heterocycles. The van der Waals surface area contributed by atoms with Gasteiger partial charge in [-0.25, -0.2) is 0 Å². The van der Waals surface area contributed by atoms with Crippen LogP contribution in [0.1, 0.15) is 25.6 Å². The second-order valence-electron chi connectivity index (χ2n) is 5.29. The Morgan fingerprint density at radius 1 is 1.53 bits per heavy atom. The molecule has 17 heavy (non-hydrogen) atoms. The van der Waals surface area contributed by atoms with E-state index in [4.69, 9.17) is 4.52 Å². The third-order valence-corrected chi connectivity index (χ3v) is 3.95. The molecule has 1 aliphatic carbocycles. The maximum atomic E-state index is 4.76. The Balaban J connectivity index is 1.53. The van der Waals surface area contributed by atoms with Crippen LogP contribution in [0, 0.1) is 5.92 Å². The average molecular weight is 236 g/mol. The second kappa shape index (κ2) is 4.74. The molecule has 2 aliphatic rings. The molecule has 94 valence electrons. The quantitative estimate of drug-likeness (QED) is 0.833. The van der Waals surface area contributed by atoms with E-state index in [0.717, 1.165) is 31.3 Å². The highest BCUT2D eigenvalue weighted by atomic mass is 16.5. The Morgan fingerprint density at radius 2 is 2.41 bits per heavy atom. The van der Waals surface area contributed by atoms with Gasteiger partial charge in [0.1, 0.15) is 0 Å². The first kappa shape index (κ1) is 11.2. The number of rotatable bonds is 4. The predicted octanol–water partition coefficient (Wildman–Crippen LogP) is 0.684. The average Bonchev–Trinajstić information content (AvgIpc) is 3.05. The van der Waals surface area contributed by atoms with E-state index in [1.54, 1.807) is 0 Å². The van der Waals surface area contributed by atoms with E-state index in [9.17, 15) is 0 Å². The normalized spacial score (nSPS) is 30.6. The lowest BCUT2D eigenvalue weighted by atomic mass is 10.1. The fourth-order valence-electron chi connectivity index (χ4n) is 2.62. The van der Waals surface area contributed by atoms with E-state index in [-0.39, 0.29) is 0 Å². The molecule has 2 heterocycles. The second-order valence-corrected chi connectivity index (χ2v) is 5.29. The van der Waals surface area contributed by atoms with Crippen molar-refractivity contribution in [3.05, 3.63) is 12.2 Å². The zero-order valence-corrected chi connectivity index (χ0v) is 10.3. The van der Waals surface area contributed by atoms with Gasteiger partial charge in [-0.2, -0.15) is 4.98 Å². The summed E-state index contributed by atoms with van der Waals surface area (Å²) in [7, 11) is 0. The minimum atomic E-state index is 0.608. The molecule has 1 aromatic rings. The highest BCUT2D eigenvalue weighted by Crippen LogP contribution is 2.34. The molecule has 3 rings (SSSR count). The topological polar surface area (TPSA) is 54.2 Å². The third kappa shape index (κ3) is 2.66. The SMILES string of the molecule is CC1CNC(C2CC2)CN1CCc1ncon1. The lowest BCUT2D eigenvalue weighted by Crippen LogP contribution is -2.56. The largest absolute Gasteiger partial charge is 0.343 e. The van der Waals surface area contributed by atoms with Gasteiger partial charge in [-0.3, -0.25) is 4.90 Å². The van der Waals surface area contributed by atoms with Crippen molar-refractivity contribution in [3.8, 4) is 0 Å². The highest BCUT2D eigenvalue weighted by Gasteiger charge is 2.35. The predicted molar refractivity (Wildman–Crippen MR) is 63.6 cm³/mol. The molecule has 0 bridgehead atoms. The number of nitrogens with one attached hydrogen (secondary N) is 1. The molecule has 2 unspecified atom stereocenters. The molecule has 0 spiro atoms. The minimum Gasteiger partial charge on any atom is -0.343 e. The first-order valence-corrected chi connectivity index (χ1v) is 6.55. The van der Waals surface area contributed by atoms with E-state index < -0.39 is 0 Å². The zero-order chi connectivity index (χ0) is 11.7. The summed E-state index contributed by atoms with van der Waals surface area (Å²) in [6.45, 7) is 5.59. The number of hydrogen-bond acceptors (Lipinski definition) is 5. The fourth-order valence-corrected chi connectivity index (χ4v) is 2.62. The molecule has 2 atom stereocenters. The van der Waals surface area contributed by atoms with Crippen LogP contribution in [0.15, 0.2) is 10.9 Å². The van der Waals surface area contributed by atoms with Crippen LogP contribution in [-0.2, 0) is 6.42 Å². The summed E-state index contributed by atoms with van der Waals surface area (Å²) in [6.07, 6.45) is 5.11. The van der Waals surface area contributed by atoms with E-state index >= 15 is 0 Å². The molecule has 2 fully saturated rings. The molecular weight excluding hydrogens is 216 g/mol. The van der Waals surface area contributed by atoms with Crippen molar-refractivity contribution in [3.63, 3.8) is 0 Å². The molecule has 0 radical (unpaired) electrons. The summed E-state index contributed by atoms with van der Waals surface area (Å²) >= 11 is 0. The van der Waals surface area contributed by atoms with Crippen LogP contribution in [0.25, 0.3) is 0 Å². The summed E-state index contributed by atoms with van der Waals surface area (Å²) in [5.74, 6) is 1.74. The van der Waals surface area contributed by atoms with Gasteiger partial charge in [0.2, 0.25) is 6.39 Å². The van der Waals surface area contributed by atoms with Crippen molar-refractivity contribution in [2.75, 3.05) is 19.6 Å². The van der Waals surface area contributed by atoms with Crippen LogP contribution in [-0.4, -0.2) is 46.8 Å². The molecule has 1 saturated carbocycles. The van der Waals surface area contributed by atoms with E-state index in [0.29, 0.717) is 12.1 Å². The summed E-state index contributed by atoms with van der Waals surface area (Å²) in [6, 6.07) is 1.31.